The van der Waals surface area contributed by atoms with Crippen LogP contribution in [0, 0.1) is 0 Å². The van der Waals surface area contributed by atoms with Crippen LogP contribution in [-0.2, 0) is 14.3 Å². The van der Waals surface area contributed by atoms with Gasteiger partial charge in [0.15, 0.2) is 6.29 Å². The van der Waals surface area contributed by atoms with E-state index in [4.69, 9.17) is 15.2 Å². The van der Waals surface area contributed by atoms with E-state index in [1.54, 1.807) is 0 Å². The molecule has 96 valence electrons. The summed E-state index contributed by atoms with van der Waals surface area (Å²) in [5.41, 5.74) is 5.74. The second kappa shape index (κ2) is 8.50. The predicted molar refractivity (Wildman–Crippen MR) is 62.9 cm³/mol. The monoisotopic (exact) mass is 232 g/mol. The average Bonchev–Trinajstić information content (AvgIpc) is 2.27. The zero-order chi connectivity index (χ0) is 12.6. The molecule has 0 fully saturated rings. The van der Waals surface area contributed by atoms with E-state index in [9.17, 15) is 4.79 Å². The first-order valence-electron chi connectivity index (χ1n) is 5.68. The predicted octanol–water partition coefficient (Wildman–Crippen LogP) is 0.628. The van der Waals surface area contributed by atoms with Crippen molar-refractivity contribution in [2.75, 3.05) is 14.2 Å². The molecule has 0 saturated heterocycles. The Hall–Kier alpha value is -0.650. The van der Waals surface area contributed by atoms with Crippen LogP contribution in [0.5, 0.6) is 0 Å². The Morgan fingerprint density at radius 1 is 1.38 bits per heavy atom. The number of carbonyl (C=O) groups excluding carboxylic acids is 1. The molecule has 5 heteroatoms. The number of nitrogens with one attached hydrogen (secondary N) is 1. The highest BCUT2D eigenvalue weighted by Crippen LogP contribution is 2.02. The van der Waals surface area contributed by atoms with Crippen molar-refractivity contribution in [2.45, 2.75) is 51.5 Å². The van der Waals surface area contributed by atoms with Crippen LogP contribution in [0.4, 0.5) is 0 Å². The molecule has 0 spiro atoms. The summed E-state index contributed by atoms with van der Waals surface area (Å²) >= 11 is 0. The summed E-state index contributed by atoms with van der Waals surface area (Å²) in [4.78, 5) is 11.6. The van der Waals surface area contributed by atoms with Crippen molar-refractivity contribution < 1.29 is 14.3 Å². The van der Waals surface area contributed by atoms with E-state index in [-0.39, 0.29) is 11.9 Å². The highest BCUT2D eigenvalue weighted by Gasteiger charge is 2.21. The molecule has 5 nitrogen and oxygen atoms in total. The quantitative estimate of drug-likeness (QED) is 0.602. The minimum atomic E-state index is -0.447. The lowest BCUT2D eigenvalue weighted by molar-refractivity contribution is -0.136. The molecule has 0 aliphatic heterocycles. The van der Waals surface area contributed by atoms with Gasteiger partial charge in [-0.05, 0) is 13.3 Å². The van der Waals surface area contributed by atoms with E-state index in [1.807, 2.05) is 6.92 Å². The smallest absolute Gasteiger partial charge is 0.237 e. The summed E-state index contributed by atoms with van der Waals surface area (Å²) < 4.78 is 10.1. The van der Waals surface area contributed by atoms with Crippen LogP contribution in [0.2, 0.25) is 0 Å². The van der Waals surface area contributed by atoms with Crippen LogP contribution in [0.15, 0.2) is 0 Å². The average molecular weight is 232 g/mol. The number of ether oxygens (including phenoxy) is 2. The van der Waals surface area contributed by atoms with Crippen LogP contribution >= 0.6 is 0 Å². The molecule has 1 unspecified atom stereocenters. The molecule has 2 atom stereocenters. The van der Waals surface area contributed by atoms with Crippen molar-refractivity contribution in [1.29, 1.82) is 0 Å². The largest absolute Gasteiger partial charge is 0.354 e. The molecule has 0 aromatic rings. The third-order valence-electron chi connectivity index (χ3n) is 2.45. The van der Waals surface area contributed by atoms with Gasteiger partial charge in [0.25, 0.3) is 0 Å². The third kappa shape index (κ3) is 5.44. The van der Waals surface area contributed by atoms with Gasteiger partial charge in [0.2, 0.25) is 5.91 Å². The molecule has 3 N–H and O–H groups in total. The minimum absolute atomic E-state index is 0.153. The van der Waals surface area contributed by atoms with Crippen molar-refractivity contribution in [3.05, 3.63) is 0 Å². The summed E-state index contributed by atoms with van der Waals surface area (Å²) in [6.45, 7) is 3.89. The Balaban J connectivity index is 4.01. The number of hydrogen-bond donors (Lipinski definition) is 2. The zero-order valence-corrected chi connectivity index (χ0v) is 10.7. The summed E-state index contributed by atoms with van der Waals surface area (Å²) in [6, 6.07) is -0.660. The van der Waals surface area contributed by atoms with E-state index in [0.29, 0.717) is 6.42 Å². The second-order valence-corrected chi connectivity index (χ2v) is 3.89. The zero-order valence-electron chi connectivity index (χ0n) is 10.7. The Kier molecular flexibility index (Phi) is 8.15. The summed E-state index contributed by atoms with van der Waals surface area (Å²) in [5.74, 6) is -0.153. The Labute approximate surface area is 97.7 Å². The van der Waals surface area contributed by atoms with E-state index < -0.39 is 12.3 Å². The molecule has 0 aliphatic carbocycles. The van der Waals surface area contributed by atoms with Crippen molar-refractivity contribution in [1.82, 2.24) is 5.32 Å². The lowest BCUT2D eigenvalue weighted by Crippen LogP contribution is -2.49. The molecule has 0 saturated carbocycles. The molecule has 0 heterocycles. The SMILES string of the molecule is CCCC[C@H](N)C(=O)NC(C)C(OC)OC. The minimum Gasteiger partial charge on any atom is -0.354 e. The van der Waals surface area contributed by atoms with Crippen molar-refractivity contribution >= 4 is 5.91 Å². The molecule has 0 aromatic heterocycles. The van der Waals surface area contributed by atoms with Gasteiger partial charge < -0.3 is 20.5 Å². The molecular weight excluding hydrogens is 208 g/mol. The normalized spacial score (nSPS) is 14.9. The first kappa shape index (κ1) is 15.3. The van der Waals surface area contributed by atoms with Crippen LogP contribution in [0.3, 0.4) is 0 Å². The van der Waals surface area contributed by atoms with Gasteiger partial charge in [0.1, 0.15) is 0 Å². The lowest BCUT2D eigenvalue weighted by atomic mass is 10.1. The Bertz CT molecular complexity index is 196. The number of hydrogen-bond acceptors (Lipinski definition) is 4. The lowest BCUT2D eigenvalue weighted by Gasteiger charge is -2.23. The van der Waals surface area contributed by atoms with Gasteiger partial charge in [-0.15, -0.1) is 0 Å². The highest BCUT2D eigenvalue weighted by molar-refractivity contribution is 5.81. The van der Waals surface area contributed by atoms with Crippen molar-refractivity contribution in [3.63, 3.8) is 0 Å². The fourth-order valence-corrected chi connectivity index (χ4v) is 1.46. The number of methoxy groups -OCH3 is 2. The van der Waals surface area contributed by atoms with Gasteiger partial charge in [-0.25, -0.2) is 0 Å². The summed E-state index contributed by atoms with van der Waals surface area (Å²) in [6.07, 6.45) is 2.26. The fraction of sp³-hybridized carbons (Fsp3) is 0.909. The van der Waals surface area contributed by atoms with E-state index in [1.165, 1.54) is 14.2 Å². The maximum absolute atomic E-state index is 11.6. The summed E-state index contributed by atoms with van der Waals surface area (Å²) in [7, 11) is 3.07. The van der Waals surface area contributed by atoms with Crippen LogP contribution < -0.4 is 11.1 Å². The Morgan fingerprint density at radius 3 is 2.38 bits per heavy atom. The van der Waals surface area contributed by atoms with Crippen molar-refractivity contribution in [2.24, 2.45) is 5.73 Å². The molecule has 0 bridgehead atoms. The van der Waals surface area contributed by atoms with Gasteiger partial charge in [0.05, 0.1) is 12.1 Å². The fourth-order valence-electron chi connectivity index (χ4n) is 1.46. The van der Waals surface area contributed by atoms with Crippen LogP contribution in [0.25, 0.3) is 0 Å². The first-order valence-corrected chi connectivity index (χ1v) is 5.68. The second-order valence-electron chi connectivity index (χ2n) is 3.89. The summed E-state index contributed by atoms with van der Waals surface area (Å²) in [5, 5.41) is 2.78. The number of carbonyl (C=O) groups is 1. The van der Waals surface area contributed by atoms with E-state index in [0.717, 1.165) is 12.8 Å². The van der Waals surface area contributed by atoms with Crippen LogP contribution in [-0.4, -0.2) is 38.5 Å². The number of amides is 1. The van der Waals surface area contributed by atoms with Crippen molar-refractivity contribution in [3.8, 4) is 0 Å². The maximum Gasteiger partial charge on any atom is 0.237 e. The van der Waals surface area contributed by atoms with Crippen LogP contribution in [0.1, 0.15) is 33.1 Å². The highest BCUT2D eigenvalue weighted by atomic mass is 16.7. The maximum atomic E-state index is 11.6. The third-order valence-corrected chi connectivity index (χ3v) is 2.45. The molecule has 1 amide bonds. The molecule has 0 aliphatic rings. The molecular formula is C11H24N2O3. The van der Waals surface area contributed by atoms with E-state index in [2.05, 4.69) is 12.2 Å². The Morgan fingerprint density at radius 2 is 1.94 bits per heavy atom. The molecule has 0 radical (unpaired) electrons. The van der Waals surface area contributed by atoms with Gasteiger partial charge in [-0.1, -0.05) is 19.8 Å². The number of rotatable bonds is 8. The molecule has 0 aromatic carbocycles. The molecule has 16 heavy (non-hydrogen) atoms. The number of unbranched alkanes of at least 4 members (excludes halogenated alkanes) is 1. The number of nitrogens with two attached hydrogens (primary N) is 1. The van der Waals surface area contributed by atoms with Gasteiger partial charge in [-0.2, -0.15) is 0 Å². The standard InChI is InChI=1S/C11H24N2O3/c1-5-6-7-9(12)10(14)13-8(2)11(15-3)16-4/h8-9,11H,5-7,12H2,1-4H3,(H,13,14)/t8?,9-/m0/s1. The van der Waals surface area contributed by atoms with Gasteiger partial charge >= 0.3 is 0 Å². The van der Waals surface area contributed by atoms with Gasteiger partial charge in [0, 0.05) is 14.2 Å². The topological polar surface area (TPSA) is 73.6 Å². The first-order chi connectivity index (χ1) is 7.56. The van der Waals surface area contributed by atoms with Gasteiger partial charge in [-0.3, -0.25) is 4.79 Å². The van der Waals surface area contributed by atoms with E-state index >= 15 is 0 Å². The molecule has 0 rings (SSSR count).